The van der Waals surface area contributed by atoms with Gasteiger partial charge in [0.05, 0.1) is 6.42 Å². The molecule has 0 aromatic carbocycles. The number of carboxylic acid groups (broad SMARTS) is 1. The lowest BCUT2D eigenvalue weighted by Gasteiger charge is -2.33. The Morgan fingerprint density at radius 1 is 1.50 bits per heavy atom. The van der Waals surface area contributed by atoms with Gasteiger partial charge in [0.15, 0.2) is 12.3 Å². The Bertz CT molecular complexity index is 546. The van der Waals surface area contributed by atoms with Crippen LogP contribution in [0.4, 0.5) is 0 Å². The van der Waals surface area contributed by atoms with E-state index in [0.29, 0.717) is 5.76 Å². The maximum Gasteiger partial charge on any atom is 0.346 e. The van der Waals surface area contributed by atoms with E-state index in [9.17, 15) is 14.4 Å². The van der Waals surface area contributed by atoms with Crippen LogP contribution >= 0.6 is 0 Å². The van der Waals surface area contributed by atoms with Crippen molar-refractivity contribution < 1.29 is 29.0 Å². The summed E-state index contributed by atoms with van der Waals surface area (Å²) in [7, 11) is 0. The number of allylic oxidation sites excluding steroid dienone is 1. The number of carbonyl (C=O) groups is 3. The highest BCUT2D eigenvalue weighted by Gasteiger charge is 2.55. The minimum Gasteiger partial charge on any atom is -0.479 e. The molecule has 3 rings (SSSR count). The summed E-state index contributed by atoms with van der Waals surface area (Å²) in [5.41, 5.74) is 0.0714. The van der Waals surface area contributed by atoms with Gasteiger partial charge in [0, 0.05) is 0 Å². The fourth-order valence-corrected chi connectivity index (χ4v) is 2.25. The fraction of sp³-hybridized carbons (Fsp3) is 0.364. The number of cyclic esters (lactones) is 1. The molecule has 0 radical (unpaired) electrons. The Balaban J connectivity index is 2.07. The number of amides is 1. The van der Waals surface area contributed by atoms with E-state index in [1.54, 1.807) is 6.92 Å². The van der Waals surface area contributed by atoms with E-state index in [4.69, 9.17) is 14.6 Å². The number of carboxylic acids is 1. The third kappa shape index (κ3) is 1.27. The van der Waals surface area contributed by atoms with E-state index >= 15 is 0 Å². The predicted octanol–water partition coefficient (Wildman–Crippen LogP) is -0.257. The summed E-state index contributed by atoms with van der Waals surface area (Å²) in [6, 6.07) is -1.24. The van der Waals surface area contributed by atoms with Crippen LogP contribution in [0.15, 0.2) is 23.2 Å². The van der Waals surface area contributed by atoms with Crippen molar-refractivity contribution in [3.63, 3.8) is 0 Å². The van der Waals surface area contributed by atoms with Gasteiger partial charge in [0.1, 0.15) is 17.1 Å². The lowest BCUT2D eigenvalue weighted by Crippen LogP contribution is -2.54. The van der Waals surface area contributed by atoms with Crippen LogP contribution in [0.25, 0.3) is 0 Å². The van der Waals surface area contributed by atoms with Crippen LogP contribution in [0.1, 0.15) is 13.3 Å². The predicted molar refractivity (Wildman–Crippen MR) is 54.6 cm³/mol. The lowest BCUT2D eigenvalue weighted by atomic mass is 10.1. The number of hydrogen-bond acceptors (Lipinski definition) is 5. The number of carbonyl (C=O) groups excluding carboxylic acids is 2. The SMILES string of the molecule is CC1=CC(=C2O[C@@H]3CC(=O)N3C2C(=O)O)C(=O)O1. The summed E-state index contributed by atoms with van der Waals surface area (Å²) in [5, 5.41) is 9.16. The Morgan fingerprint density at radius 2 is 2.22 bits per heavy atom. The number of hydrogen-bond donors (Lipinski definition) is 1. The van der Waals surface area contributed by atoms with Crippen molar-refractivity contribution in [3.05, 3.63) is 23.2 Å². The standard InChI is InChI=1S/C11H9NO6/c1-4-2-5(11(16)17-4)9-8(10(14)15)12-6(13)3-7(12)18-9/h2,7-8H,3H2,1H3,(H,14,15)/t7-,8?/m1/s1. The maximum absolute atomic E-state index is 11.5. The molecule has 2 saturated heterocycles. The maximum atomic E-state index is 11.5. The minimum atomic E-state index is -1.24. The first-order chi connectivity index (χ1) is 8.49. The van der Waals surface area contributed by atoms with Crippen molar-refractivity contribution >= 4 is 17.8 Å². The van der Waals surface area contributed by atoms with Crippen molar-refractivity contribution in [2.24, 2.45) is 0 Å². The molecular formula is C11H9NO6. The molecule has 0 bridgehead atoms. The second-order valence-corrected chi connectivity index (χ2v) is 4.24. The van der Waals surface area contributed by atoms with Gasteiger partial charge in [-0.05, 0) is 13.0 Å². The van der Waals surface area contributed by atoms with Gasteiger partial charge in [-0.25, -0.2) is 9.59 Å². The van der Waals surface area contributed by atoms with Gasteiger partial charge in [-0.2, -0.15) is 0 Å². The number of ether oxygens (including phenoxy) is 2. The number of fused-ring (bicyclic) bond motifs is 1. The number of β-lactam (4-membered cyclic amide) rings is 1. The highest BCUT2D eigenvalue weighted by atomic mass is 16.6. The zero-order valence-electron chi connectivity index (χ0n) is 9.37. The van der Waals surface area contributed by atoms with E-state index in [-0.39, 0.29) is 23.7 Å². The molecule has 7 nitrogen and oxygen atoms in total. The van der Waals surface area contributed by atoms with E-state index in [1.165, 1.54) is 6.08 Å². The van der Waals surface area contributed by atoms with Gasteiger partial charge < -0.3 is 14.6 Å². The molecule has 18 heavy (non-hydrogen) atoms. The molecule has 3 aliphatic heterocycles. The van der Waals surface area contributed by atoms with Crippen molar-refractivity contribution in [3.8, 4) is 0 Å². The van der Waals surface area contributed by atoms with Gasteiger partial charge in [-0.1, -0.05) is 0 Å². The molecule has 0 aromatic rings. The largest absolute Gasteiger partial charge is 0.479 e. The molecule has 1 amide bonds. The van der Waals surface area contributed by atoms with Gasteiger partial charge >= 0.3 is 11.9 Å². The van der Waals surface area contributed by atoms with Crippen molar-refractivity contribution in [2.75, 3.05) is 0 Å². The third-order valence-corrected chi connectivity index (χ3v) is 3.06. The molecule has 3 heterocycles. The second-order valence-electron chi connectivity index (χ2n) is 4.24. The molecule has 94 valence electrons. The summed E-state index contributed by atoms with van der Waals surface area (Å²) in [5.74, 6) is -1.81. The normalized spacial score (nSPS) is 33.6. The van der Waals surface area contributed by atoms with Crippen LogP contribution in [0, 0.1) is 0 Å². The quantitative estimate of drug-likeness (QED) is 0.392. The molecule has 3 aliphatic rings. The van der Waals surface area contributed by atoms with Crippen molar-refractivity contribution in [1.29, 1.82) is 0 Å². The highest BCUT2D eigenvalue weighted by Crippen LogP contribution is 2.39. The van der Waals surface area contributed by atoms with Crippen LogP contribution in [0.3, 0.4) is 0 Å². The molecule has 0 saturated carbocycles. The molecule has 7 heteroatoms. The Hall–Kier alpha value is -2.31. The Kier molecular flexibility index (Phi) is 2.01. The molecule has 2 fully saturated rings. The van der Waals surface area contributed by atoms with E-state index in [0.717, 1.165) is 4.90 Å². The summed E-state index contributed by atoms with van der Waals surface area (Å²) >= 11 is 0. The summed E-state index contributed by atoms with van der Waals surface area (Å²) in [6.45, 7) is 1.58. The average molecular weight is 251 g/mol. The first kappa shape index (κ1) is 10.8. The van der Waals surface area contributed by atoms with Gasteiger partial charge in [0.2, 0.25) is 5.91 Å². The summed E-state index contributed by atoms with van der Waals surface area (Å²) in [6.07, 6.45) is 0.977. The zero-order valence-corrected chi connectivity index (χ0v) is 9.37. The van der Waals surface area contributed by atoms with E-state index < -0.39 is 24.2 Å². The smallest absolute Gasteiger partial charge is 0.346 e. The fourth-order valence-electron chi connectivity index (χ4n) is 2.25. The average Bonchev–Trinajstić information content (AvgIpc) is 2.75. The molecule has 0 aromatic heterocycles. The van der Waals surface area contributed by atoms with Crippen LogP contribution in [-0.2, 0) is 23.9 Å². The number of aliphatic carboxylic acids is 1. The van der Waals surface area contributed by atoms with Gasteiger partial charge in [0.25, 0.3) is 0 Å². The van der Waals surface area contributed by atoms with E-state index in [2.05, 4.69) is 0 Å². The Morgan fingerprint density at radius 3 is 2.72 bits per heavy atom. The zero-order chi connectivity index (χ0) is 13.0. The van der Waals surface area contributed by atoms with Crippen molar-refractivity contribution in [1.82, 2.24) is 4.90 Å². The molecule has 1 unspecified atom stereocenters. The molecule has 0 aliphatic carbocycles. The number of rotatable bonds is 1. The topological polar surface area (TPSA) is 93.1 Å². The first-order valence-electron chi connectivity index (χ1n) is 5.34. The molecular weight excluding hydrogens is 242 g/mol. The number of nitrogens with zero attached hydrogens (tertiary/aromatic N) is 1. The third-order valence-electron chi connectivity index (χ3n) is 3.06. The minimum absolute atomic E-state index is 0.0137. The van der Waals surface area contributed by atoms with Crippen molar-refractivity contribution in [2.45, 2.75) is 25.6 Å². The summed E-state index contributed by atoms with van der Waals surface area (Å²) < 4.78 is 10.2. The molecule has 0 spiro atoms. The Labute approximate surface area is 101 Å². The monoisotopic (exact) mass is 251 g/mol. The van der Waals surface area contributed by atoms with Crippen LogP contribution in [-0.4, -0.2) is 40.1 Å². The van der Waals surface area contributed by atoms with Gasteiger partial charge in [-0.3, -0.25) is 9.69 Å². The van der Waals surface area contributed by atoms with Crippen LogP contribution < -0.4 is 0 Å². The summed E-state index contributed by atoms with van der Waals surface area (Å²) in [4.78, 5) is 35.2. The van der Waals surface area contributed by atoms with Crippen LogP contribution in [0.2, 0.25) is 0 Å². The lowest BCUT2D eigenvalue weighted by molar-refractivity contribution is -0.163. The molecule has 1 N–H and O–H groups in total. The second kappa shape index (κ2) is 3.34. The number of esters is 1. The van der Waals surface area contributed by atoms with Crippen LogP contribution in [0.5, 0.6) is 0 Å². The van der Waals surface area contributed by atoms with E-state index in [1.807, 2.05) is 0 Å². The first-order valence-corrected chi connectivity index (χ1v) is 5.34. The van der Waals surface area contributed by atoms with Gasteiger partial charge in [-0.15, -0.1) is 0 Å². The molecule has 2 atom stereocenters. The highest BCUT2D eigenvalue weighted by molar-refractivity contribution is 5.99.